The first-order valence-corrected chi connectivity index (χ1v) is 16.3. The normalized spacial score (nSPS) is 11.9. The maximum absolute atomic E-state index is 4.96. The molecule has 0 aliphatic carbocycles. The fourth-order valence-corrected chi connectivity index (χ4v) is 8.32. The highest BCUT2D eigenvalue weighted by Gasteiger charge is 2.17. The molecule has 0 radical (unpaired) electrons. The van der Waals surface area contributed by atoms with E-state index in [4.69, 9.17) is 9.97 Å². The van der Waals surface area contributed by atoms with Crippen LogP contribution in [0.5, 0.6) is 0 Å². The maximum Gasteiger partial charge on any atom is 0.235 e. The van der Waals surface area contributed by atoms with Crippen molar-refractivity contribution in [3.63, 3.8) is 0 Å². The van der Waals surface area contributed by atoms with Gasteiger partial charge >= 0.3 is 0 Å². The van der Waals surface area contributed by atoms with Crippen LogP contribution in [0, 0.1) is 0 Å². The molecular formula is C42H25N3S. The van der Waals surface area contributed by atoms with Gasteiger partial charge in [-0.2, -0.15) is 0 Å². The molecule has 7 aromatic carbocycles. The molecule has 0 saturated carbocycles. The average molecular weight is 604 g/mol. The van der Waals surface area contributed by atoms with Gasteiger partial charge in [0, 0.05) is 42.5 Å². The first kappa shape index (κ1) is 25.5. The lowest BCUT2D eigenvalue weighted by atomic mass is 9.96. The molecule has 0 N–H and O–H groups in total. The Morgan fingerprint density at radius 2 is 1.26 bits per heavy atom. The monoisotopic (exact) mass is 603 g/mol. The number of thiophene rings is 1. The Labute approximate surface area is 268 Å². The summed E-state index contributed by atoms with van der Waals surface area (Å²) in [6.45, 7) is 0. The van der Waals surface area contributed by atoms with Gasteiger partial charge in [-0.05, 0) is 63.4 Å². The lowest BCUT2D eigenvalue weighted by molar-refractivity contribution is 1.01. The molecule has 0 bridgehead atoms. The summed E-state index contributed by atoms with van der Waals surface area (Å²) < 4.78 is 4.87. The van der Waals surface area contributed by atoms with Gasteiger partial charge in [0.05, 0.1) is 16.6 Å². The van der Waals surface area contributed by atoms with E-state index in [1.54, 1.807) is 0 Å². The molecule has 214 valence electrons. The van der Waals surface area contributed by atoms with Crippen LogP contribution in [0.3, 0.4) is 0 Å². The highest BCUT2D eigenvalue weighted by Crippen LogP contribution is 2.41. The fourth-order valence-electron chi connectivity index (χ4n) is 7.08. The molecule has 3 nitrogen and oxygen atoms in total. The van der Waals surface area contributed by atoms with E-state index in [1.165, 1.54) is 64.0 Å². The number of rotatable bonds is 3. The Kier molecular flexibility index (Phi) is 5.45. The molecule has 0 aliphatic rings. The molecule has 0 unspecified atom stereocenters. The highest BCUT2D eigenvalue weighted by molar-refractivity contribution is 7.26. The van der Waals surface area contributed by atoms with Gasteiger partial charge < -0.3 is 0 Å². The standard InChI is InChI=1S/C42H25N3S/c1-4-13-36-30(8-1)25-43-42(44-36)45-37-14-5-2-10-35(37)40-31-22-20-28(24-29(31)21-23-38(40)45)26-16-18-27(19-17-26)32-11-7-12-34-33-9-3-6-15-39(33)46-41(32)34/h1-25H. The zero-order valence-corrected chi connectivity index (χ0v) is 25.5. The SMILES string of the molecule is c1ccc2nc(-n3c4ccccc4c4c5ccc(-c6ccc(-c7cccc8c7sc7ccccc78)cc6)cc5ccc43)ncc2c1. The number of hydrogen-bond acceptors (Lipinski definition) is 3. The minimum atomic E-state index is 0.687. The smallest absolute Gasteiger partial charge is 0.235 e. The third kappa shape index (κ3) is 3.77. The summed E-state index contributed by atoms with van der Waals surface area (Å²) in [5.41, 5.74) is 8.10. The van der Waals surface area contributed by atoms with Crippen molar-refractivity contribution in [3.8, 4) is 28.2 Å². The van der Waals surface area contributed by atoms with Gasteiger partial charge in [-0.15, -0.1) is 11.3 Å². The molecule has 10 rings (SSSR count). The maximum atomic E-state index is 4.96. The van der Waals surface area contributed by atoms with Crippen molar-refractivity contribution in [1.29, 1.82) is 0 Å². The number of para-hydroxylation sites is 2. The van der Waals surface area contributed by atoms with Crippen LogP contribution in [0.2, 0.25) is 0 Å². The zero-order chi connectivity index (χ0) is 30.2. The van der Waals surface area contributed by atoms with Crippen molar-refractivity contribution in [3.05, 3.63) is 152 Å². The molecule has 3 aromatic heterocycles. The first-order chi connectivity index (χ1) is 22.8. The molecule has 0 aliphatic heterocycles. The number of fused-ring (bicyclic) bond motifs is 9. The van der Waals surface area contributed by atoms with Crippen molar-refractivity contribution >= 4 is 75.0 Å². The molecule has 0 spiro atoms. The predicted molar refractivity (Wildman–Crippen MR) is 195 cm³/mol. The summed E-state index contributed by atoms with van der Waals surface area (Å²) in [5.74, 6) is 0.687. The molecular weight excluding hydrogens is 579 g/mol. The third-order valence-corrected chi connectivity index (χ3v) is 10.5. The summed E-state index contributed by atoms with van der Waals surface area (Å²) >= 11 is 1.88. The summed E-state index contributed by atoms with van der Waals surface area (Å²) in [5, 5.41) is 8.57. The minimum Gasteiger partial charge on any atom is -0.278 e. The Hall–Kier alpha value is -5.84. The van der Waals surface area contributed by atoms with Crippen molar-refractivity contribution in [2.24, 2.45) is 0 Å². The number of benzene rings is 7. The van der Waals surface area contributed by atoms with Crippen LogP contribution in [-0.4, -0.2) is 14.5 Å². The summed E-state index contributed by atoms with van der Waals surface area (Å²) in [6.07, 6.45) is 1.92. The second-order valence-electron chi connectivity index (χ2n) is 11.8. The van der Waals surface area contributed by atoms with Gasteiger partial charge in [0.2, 0.25) is 5.95 Å². The van der Waals surface area contributed by atoms with Crippen LogP contribution < -0.4 is 0 Å². The quantitative estimate of drug-likeness (QED) is 0.201. The van der Waals surface area contributed by atoms with E-state index in [-0.39, 0.29) is 0 Å². The molecule has 0 saturated heterocycles. The van der Waals surface area contributed by atoms with E-state index < -0.39 is 0 Å². The molecule has 10 aromatic rings. The summed E-state index contributed by atoms with van der Waals surface area (Å²) in [7, 11) is 0. The Morgan fingerprint density at radius 3 is 2.20 bits per heavy atom. The van der Waals surface area contributed by atoms with Crippen LogP contribution in [0.25, 0.3) is 91.9 Å². The molecule has 46 heavy (non-hydrogen) atoms. The van der Waals surface area contributed by atoms with E-state index >= 15 is 0 Å². The summed E-state index contributed by atoms with van der Waals surface area (Å²) in [4.78, 5) is 9.75. The Balaban J connectivity index is 1.08. The first-order valence-electron chi connectivity index (χ1n) is 15.5. The third-order valence-electron chi connectivity index (χ3n) is 9.26. The lowest BCUT2D eigenvalue weighted by Gasteiger charge is -2.09. The average Bonchev–Trinajstić information content (AvgIpc) is 3.67. The molecule has 0 amide bonds. The van der Waals surface area contributed by atoms with Gasteiger partial charge in [-0.3, -0.25) is 4.57 Å². The van der Waals surface area contributed by atoms with Crippen LogP contribution in [0.4, 0.5) is 0 Å². The van der Waals surface area contributed by atoms with Crippen LogP contribution >= 0.6 is 11.3 Å². The van der Waals surface area contributed by atoms with Crippen molar-refractivity contribution in [2.45, 2.75) is 0 Å². The zero-order valence-electron chi connectivity index (χ0n) is 24.7. The van der Waals surface area contributed by atoms with Crippen LogP contribution in [0.1, 0.15) is 0 Å². The fraction of sp³-hybridized carbons (Fsp3) is 0. The van der Waals surface area contributed by atoms with Gasteiger partial charge in [0.25, 0.3) is 0 Å². The van der Waals surface area contributed by atoms with Gasteiger partial charge in [0.1, 0.15) is 0 Å². The largest absolute Gasteiger partial charge is 0.278 e. The van der Waals surface area contributed by atoms with Crippen molar-refractivity contribution in [2.75, 3.05) is 0 Å². The van der Waals surface area contributed by atoms with Gasteiger partial charge in [0.15, 0.2) is 0 Å². The molecule has 0 fully saturated rings. The van der Waals surface area contributed by atoms with Crippen molar-refractivity contribution < 1.29 is 0 Å². The Morgan fingerprint density at radius 1 is 0.500 bits per heavy atom. The van der Waals surface area contributed by atoms with E-state index in [0.29, 0.717) is 5.95 Å². The van der Waals surface area contributed by atoms with Gasteiger partial charge in [-0.25, -0.2) is 9.97 Å². The van der Waals surface area contributed by atoms with E-state index in [9.17, 15) is 0 Å². The second-order valence-corrected chi connectivity index (χ2v) is 12.9. The topological polar surface area (TPSA) is 30.7 Å². The summed E-state index contributed by atoms with van der Waals surface area (Å²) in [6, 6.07) is 52.4. The highest BCUT2D eigenvalue weighted by atomic mass is 32.1. The number of aromatic nitrogens is 3. The lowest BCUT2D eigenvalue weighted by Crippen LogP contribution is -2.00. The Bertz CT molecular complexity index is 2810. The van der Waals surface area contributed by atoms with E-state index in [2.05, 4.69) is 132 Å². The predicted octanol–water partition coefficient (Wildman–Crippen LogP) is 11.6. The number of hydrogen-bond donors (Lipinski definition) is 0. The molecule has 0 atom stereocenters. The molecule has 4 heteroatoms. The van der Waals surface area contributed by atoms with E-state index in [1.807, 2.05) is 35.7 Å². The number of nitrogens with zero attached hydrogens (tertiary/aromatic N) is 3. The molecule has 3 heterocycles. The van der Waals surface area contributed by atoms with Crippen LogP contribution in [0.15, 0.2) is 152 Å². The van der Waals surface area contributed by atoms with E-state index in [0.717, 1.165) is 21.9 Å². The van der Waals surface area contributed by atoms with Crippen molar-refractivity contribution in [1.82, 2.24) is 14.5 Å². The second kappa shape index (κ2) is 9.83. The van der Waals surface area contributed by atoms with Gasteiger partial charge in [-0.1, -0.05) is 115 Å². The minimum absolute atomic E-state index is 0.687. The van der Waals surface area contributed by atoms with Crippen LogP contribution in [-0.2, 0) is 0 Å².